The maximum atomic E-state index is 12.9. The van der Waals surface area contributed by atoms with Crippen LogP contribution in [0.2, 0.25) is 0 Å². The van der Waals surface area contributed by atoms with Gasteiger partial charge in [0, 0.05) is 30.3 Å². The Morgan fingerprint density at radius 1 is 1.15 bits per heavy atom. The molecule has 0 bridgehead atoms. The predicted octanol–water partition coefficient (Wildman–Crippen LogP) is 4.04. The van der Waals surface area contributed by atoms with E-state index in [1.165, 1.54) is 12.0 Å². The molecule has 6 atom stereocenters. The lowest BCUT2D eigenvalue weighted by molar-refractivity contribution is -0.121. The third-order valence-electron chi connectivity index (χ3n) is 8.53. The van der Waals surface area contributed by atoms with E-state index in [1.807, 2.05) is 6.08 Å². The Labute approximate surface area is 161 Å². The monoisotopic (exact) mass is 376 g/mol. The van der Waals surface area contributed by atoms with Crippen molar-refractivity contribution in [1.29, 1.82) is 0 Å². The molecule has 3 nitrogen and oxygen atoms in total. The van der Waals surface area contributed by atoms with Gasteiger partial charge in [0.25, 0.3) is 0 Å². The molecule has 0 spiro atoms. The number of allylic oxidation sites excluding steroid dienone is 1. The minimum absolute atomic E-state index is 0.142. The van der Waals surface area contributed by atoms with Gasteiger partial charge in [0.1, 0.15) is 5.78 Å². The highest BCUT2D eigenvalue weighted by atomic mass is 32.2. The van der Waals surface area contributed by atoms with Crippen LogP contribution in [0, 0.1) is 34.5 Å². The summed E-state index contributed by atoms with van der Waals surface area (Å²) in [5.74, 6) is 4.36. The molecule has 0 saturated heterocycles. The Morgan fingerprint density at radius 2 is 1.96 bits per heavy atom. The smallest absolute Gasteiger partial charge is 0.155 e. The van der Waals surface area contributed by atoms with E-state index in [2.05, 4.69) is 13.8 Å². The second kappa shape index (κ2) is 6.77. The van der Waals surface area contributed by atoms with Crippen LogP contribution < -0.4 is 0 Å². The summed E-state index contributed by atoms with van der Waals surface area (Å²) in [7, 11) is 0. The van der Waals surface area contributed by atoms with E-state index in [0.29, 0.717) is 35.7 Å². The van der Waals surface area contributed by atoms with Crippen LogP contribution in [0.25, 0.3) is 0 Å². The molecule has 144 valence electrons. The van der Waals surface area contributed by atoms with Crippen molar-refractivity contribution in [2.75, 3.05) is 18.1 Å². The number of aliphatic hydroxyl groups is 1. The second-order valence-corrected chi connectivity index (χ2v) is 10.7. The van der Waals surface area contributed by atoms with Crippen molar-refractivity contribution < 1.29 is 14.7 Å². The Balaban J connectivity index is 1.58. The van der Waals surface area contributed by atoms with Crippen molar-refractivity contribution in [3.8, 4) is 0 Å². The number of ketones is 2. The van der Waals surface area contributed by atoms with E-state index in [0.717, 1.165) is 43.6 Å². The standard InChI is InChI=1S/C22H32O3S/c1-21-7-5-15(24)11-14(21)3-4-16-17(21)6-8-22(2)18(16)12-20(25)19(22)13-26-10-9-23/h11,16-19,23H,3-10,12-13H2,1-2H3/t16-,17+,18+,19+,21+,22+/m1/s1. The molecule has 0 aromatic carbocycles. The molecule has 0 aromatic rings. The van der Waals surface area contributed by atoms with Crippen molar-refractivity contribution in [3.05, 3.63) is 11.6 Å². The van der Waals surface area contributed by atoms with Crippen LogP contribution in [0.3, 0.4) is 0 Å². The van der Waals surface area contributed by atoms with Gasteiger partial charge in [0.15, 0.2) is 5.78 Å². The van der Waals surface area contributed by atoms with Crippen LogP contribution in [-0.2, 0) is 9.59 Å². The van der Waals surface area contributed by atoms with E-state index in [4.69, 9.17) is 5.11 Å². The molecule has 3 saturated carbocycles. The minimum atomic E-state index is 0.142. The summed E-state index contributed by atoms with van der Waals surface area (Å²) in [5.41, 5.74) is 1.73. The summed E-state index contributed by atoms with van der Waals surface area (Å²) in [6, 6.07) is 0. The number of thioether (sulfide) groups is 1. The predicted molar refractivity (Wildman–Crippen MR) is 105 cm³/mol. The van der Waals surface area contributed by atoms with Crippen molar-refractivity contribution >= 4 is 23.3 Å². The Bertz CT molecular complexity index is 641. The van der Waals surface area contributed by atoms with Gasteiger partial charge < -0.3 is 5.11 Å². The summed E-state index contributed by atoms with van der Waals surface area (Å²) in [4.78, 5) is 24.8. The molecule has 0 radical (unpaired) electrons. The molecule has 3 fully saturated rings. The van der Waals surface area contributed by atoms with E-state index >= 15 is 0 Å². The second-order valence-electron chi connectivity index (χ2n) is 9.53. The van der Waals surface area contributed by atoms with E-state index in [1.54, 1.807) is 11.8 Å². The van der Waals surface area contributed by atoms with Gasteiger partial charge in [0.05, 0.1) is 6.61 Å². The number of fused-ring (bicyclic) bond motifs is 5. The number of rotatable bonds is 4. The molecule has 0 aliphatic heterocycles. The van der Waals surface area contributed by atoms with E-state index < -0.39 is 0 Å². The minimum Gasteiger partial charge on any atom is -0.396 e. The molecular formula is C22H32O3S. The number of carbonyl (C=O) groups is 2. The number of Topliss-reactive ketones (excluding diaryl/α,β-unsaturated/α-hetero) is 1. The zero-order chi connectivity index (χ0) is 18.5. The van der Waals surface area contributed by atoms with E-state index in [9.17, 15) is 9.59 Å². The molecule has 0 heterocycles. The third-order valence-corrected chi connectivity index (χ3v) is 9.57. The average Bonchev–Trinajstić information content (AvgIpc) is 2.87. The van der Waals surface area contributed by atoms with Crippen molar-refractivity contribution in [2.45, 2.75) is 58.8 Å². The maximum Gasteiger partial charge on any atom is 0.155 e. The molecule has 1 N–H and O–H groups in total. The molecule has 4 aliphatic carbocycles. The van der Waals surface area contributed by atoms with Gasteiger partial charge >= 0.3 is 0 Å². The summed E-state index contributed by atoms with van der Waals surface area (Å²) in [5, 5.41) is 9.08. The van der Waals surface area contributed by atoms with Gasteiger partial charge in [-0.15, -0.1) is 0 Å². The van der Waals surface area contributed by atoms with Crippen molar-refractivity contribution in [3.63, 3.8) is 0 Å². The van der Waals surface area contributed by atoms with Crippen LogP contribution in [-0.4, -0.2) is 34.8 Å². The molecule has 4 rings (SSSR count). The fraction of sp³-hybridized carbons (Fsp3) is 0.818. The van der Waals surface area contributed by atoms with Crippen molar-refractivity contribution in [1.82, 2.24) is 0 Å². The van der Waals surface area contributed by atoms with Crippen LogP contribution in [0.4, 0.5) is 0 Å². The fourth-order valence-electron chi connectivity index (χ4n) is 7.00. The number of aliphatic hydroxyl groups excluding tert-OH is 1. The number of carbonyl (C=O) groups excluding carboxylic acids is 2. The quantitative estimate of drug-likeness (QED) is 0.753. The summed E-state index contributed by atoms with van der Waals surface area (Å²) in [6.07, 6.45) is 8.98. The molecular weight excluding hydrogens is 344 g/mol. The Kier molecular flexibility index (Phi) is 4.88. The summed E-state index contributed by atoms with van der Waals surface area (Å²) < 4.78 is 0. The van der Waals surface area contributed by atoms with Gasteiger partial charge in [-0.3, -0.25) is 9.59 Å². The van der Waals surface area contributed by atoms with Gasteiger partial charge in [0.2, 0.25) is 0 Å². The van der Waals surface area contributed by atoms with Crippen LogP contribution in [0.1, 0.15) is 58.8 Å². The van der Waals surface area contributed by atoms with E-state index in [-0.39, 0.29) is 23.4 Å². The topological polar surface area (TPSA) is 54.4 Å². The lowest BCUT2D eigenvalue weighted by atomic mass is 9.47. The molecule has 4 aliphatic rings. The van der Waals surface area contributed by atoms with Crippen LogP contribution in [0.5, 0.6) is 0 Å². The third kappa shape index (κ3) is 2.74. The number of hydrogen-bond acceptors (Lipinski definition) is 4. The van der Waals surface area contributed by atoms with Gasteiger partial charge in [-0.05, 0) is 66.8 Å². The van der Waals surface area contributed by atoms with Gasteiger partial charge in [-0.25, -0.2) is 0 Å². The van der Waals surface area contributed by atoms with Gasteiger partial charge in [-0.2, -0.15) is 11.8 Å². The highest BCUT2D eigenvalue weighted by molar-refractivity contribution is 7.99. The fourth-order valence-corrected chi connectivity index (χ4v) is 8.10. The number of hydrogen-bond donors (Lipinski definition) is 1. The first-order chi connectivity index (χ1) is 12.4. The molecule has 0 amide bonds. The van der Waals surface area contributed by atoms with Gasteiger partial charge in [-0.1, -0.05) is 19.4 Å². The lowest BCUT2D eigenvalue weighted by Gasteiger charge is -2.57. The molecule has 4 heteroatoms. The first-order valence-electron chi connectivity index (χ1n) is 10.4. The average molecular weight is 377 g/mol. The molecule has 26 heavy (non-hydrogen) atoms. The normalized spacial score (nSPS) is 45.0. The Hall–Kier alpha value is -0.610. The summed E-state index contributed by atoms with van der Waals surface area (Å²) in [6.45, 7) is 4.97. The first kappa shape index (κ1) is 18.7. The van der Waals surface area contributed by atoms with Crippen LogP contribution in [0.15, 0.2) is 11.6 Å². The Morgan fingerprint density at radius 3 is 2.73 bits per heavy atom. The zero-order valence-corrected chi connectivity index (χ0v) is 16.9. The maximum absolute atomic E-state index is 12.9. The first-order valence-corrected chi connectivity index (χ1v) is 11.5. The highest BCUT2D eigenvalue weighted by Gasteiger charge is 2.61. The van der Waals surface area contributed by atoms with Crippen molar-refractivity contribution in [2.24, 2.45) is 34.5 Å². The molecule has 0 aromatic heterocycles. The lowest BCUT2D eigenvalue weighted by Crippen LogP contribution is -2.50. The zero-order valence-electron chi connectivity index (χ0n) is 16.1. The molecule has 0 unspecified atom stereocenters. The summed E-state index contributed by atoms with van der Waals surface area (Å²) >= 11 is 1.74. The van der Waals surface area contributed by atoms with Crippen LogP contribution >= 0.6 is 11.8 Å². The highest BCUT2D eigenvalue weighted by Crippen LogP contribution is 2.66. The largest absolute Gasteiger partial charge is 0.396 e. The SMILES string of the molecule is C[C@]12CC[C@H]3[C@@H](CCC4=CC(=O)CC[C@@]43C)[C@@H]1CC(=O)[C@@H]2CSCCO.